The number of amides is 2. The van der Waals surface area contributed by atoms with Crippen molar-refractivity contribution in [3.63, 3.8) is 0 Å². The normalized spacial score (nSPS) is 19.1. The predicted molar refractivity (Wildman–Crippen MR) is 90.7 cm³/mol. The smallest absolute Gasteiger partial charge is 0.317 e. The highest BCUT2D eigenvalue weighted by atomic mass is 16.5. The molecule has 2 amide bonds. The summed E-state index contributed by atoms with van der Waals surface area (Å²) in [6.45, 7) is 10.5. The molecule has 0 bridgehead atoms. The summed E-state index contributed by atoms with van der Waals surface area (Å²) in [5.41, 5.74) is 0.714. The Hall–Kier alpha value is -1.75. The van der Waals surface area contributed by atoms with Gasteiger partial charge in [0, 0.05) is 31.3 Å². The van der Waals surface area contributed by atoms with Crippen LogP contribution < -0.4 is 10.1 Å². The van der Waals surface area contributed by atoms with E-state index in [-0.39, 0.29) is 17.7 Å². The molecule has 0 spiro atoms. The molecule has 0 aromatic heterocycles. The molecule has 0 aliphatic carbocycles. The second-order valence-electron chi connectivity index (χ2n) is 6.92. The van der Waals surface area contributed by atoms with Crippen LogP contribution in [-0.2, 0) is 11.3 Å². The van der Waals surface area contributed by atoms with Crippen LogP contribution in [-0.4, -0.2) is 42.3 Å². The molecule has 128 valence electrons. The summed E-state index contributed by atoms with van der Waals surface area (Å²) in [6.07, 6.45) is 0.872. The Balaban J connectivity index is 1.98. The van der Waals surface area contributed by atoms with Gasteiger partial charge < -0.3 is 19.7 Å². The van der Waals surface area contributed by atoms with E-state index in [0.29, 0.717) is 26.3 Å². The number of para-hydroxylation sites is 1. The van der Waals surface area contributed by atoms with Gasteiger partial charge in [0.05, 0.1) is 6.61 Å². The van der Waals surface area contributed by atoms with E-state index in [9.17, 15) is 4.79 Å². The van der Waals surface area contributed by atoms with Gasteiger partial charge in [-0.1, -0.05) is 18.2 Å². The first kappa shape index (κ1) is 17.6. The lowest BCUT2D eigenvalue weighted by Gasteiger charge is -2.27. The van der Waals surface area contributed by atoms with Gasteiger partial charge in [-0.2, -0.15) is 0 Å². The molecule has 5 nitrogen and oxygen atoms in total. The maximum atomic E-state index is 12.4. The topological polar surface area (TPSA) is 50.8 Å². The highest BCUT2D eigenvalue weighted by Gasteiger charge is 2.22. The van der Waals surface area contributed by atoms with Crippen LogP contribution in [0.25, 0.3) is 0 Å². The zero-order chi connectivity index (χ0) is 16.9. The fourth-order valence-corrected chi connectivity index (χ4v) is 2.55. The van der Waals surface area contributed by atoms with Gasteiger partial charge in [0.1, 0.15) is 11.4 Å². The van der Waals surface area contributed by atoms with Crippen LogP contribution in [0.2, 0.25) is 0 Å². The minimum atomic E-state index is -0.267. The van der Waals surface area contributed by atoms with Crippen molar-refractivity contribution in [3.05, 3.63) is 29.8 Å². The first-order valence-corrected chi connectivity index (χ1v) is 8.26. The zero-order valence-corrected chi connectivity index (χ0v) is 14.6. The third-order valence-electron chi connectivity index (χ3n) is 3.77. The van der Waals surface area contributed by atoms with Gasteiger partial charge in [0.2, 0.25) is 0 Å². The average Bonchev–Trinajstić information content (AvgIpc) is 2.69. The summed E-state index contributed by atoms with van der Waals surface area (Å²) >= 11 is 0. The molecule has 1 aromatic carbocycles. The van der Waals surface area contributed by atoms with Gasteiger partial charge in [-0.25, -0.2) is 4.79 Å². The number of carbonyl (C=O) groups excluding carboxylic acids is 1. The van der Waals surface area contributed by atoms with Crippen LogP contribution in [0.15, 0.2) is 24.3 Å². The maximum Gasteiger partial charge on any atom is 0.317 e. The molecule has 1 aliphatic heterocycles. The van der Waals surface area contributed by atoms with Crippen LogP contribution in [0.1, 0.15) is 39.7 Å². The first-order valence-electron chi connectivity index (χ1n) is 8.26. The summed E-state index contributed by atoms with van der Waals surface area (Å²) in [7, 11) is 0. The molecule has 1 N–H and O–H groups in total. The minimum absolute atomic E-state index is 0.0476. The lowest BCUT2D eigenvalue weighted by atomic mass is 10.1. The molecule has 0 saturated carbocycles. The fraction of sp³-hybridized carbons (Fsp3) is 0.611. The first-order chi connectivity index (χ1) is 10.9. The SMILES string of the molecule is C[C@H]1CCOCCN1C(=O)NCc1ccccc1OC(C)(C)C. The number of rotatable bonds is 3. The molecule has 1 fully saturated rings. The molecule has 2 rings (SSSR count). The maximum absolute atomic E-state index is 12.4. The van der Waals surface area contributed by atoms with E-state index in [4.69, 9.17) is 9.47 Å². The van der Waals surface area contributed by atoms with Crippen LogP contribution in [0.4, 0.5) is 4.79 Å². The second kappa shape index (κ2) is 7.68. The molecule has 1 aromatic rings. The number of benzene rings is 1. The van der Waals surface area contributed by atoms with E-state index in [1.165, 1.54) is 0 Å². The van der Waals surface area contributed by atoms with Gasteiger partial charge in [-0.3, -0.25) is 0 Å². The number of hydrogen-bond acceptors (Lipinski definition) is 3. The predicted octanol–water partition coefficient (Wildman–Crippen LogP) is 3.18. The van der Waals surface area contributed by atoms with Crippen molar-refractivity contribution in [1.82, 2.24) is 10.2 Å². The molecule has 1 atom stereocenters. The highest BCUT2D eigenvalue weighted by Crippen LogP contribution is 2.23. The number of hydrogen-bond donors (Lipinski definition) is 1. The number of carbonyl (C=O) groups is 1. The van der Waals surface area contributed by atoms with E-state index in [1.54, 1.807) is 0 Å². The Morgan fingerprint density at radius 2 is 2.09 bits per heavy atom. The van der Waals surface area contributed by atoms with Crippen molar-refractivity contribution in [2.45, 2.75) is 52.3 Å². The lowest BCUT2D eigenvalue weighted by Crippen LogP contribution is -2.45. The van der Waals surface area contributed by atoms with Crippen LogP contribution in [0.3, 0.4) is 0 Å². The second-order valence-corrected chi connectivity index (χ2v) is 6.92. The molecular formula is C18H28N2O3. The van der Waals surface area contributed by atoms with Crippen molar-refractivity contribution >= 4 is 6.03 Å². The monoisotopic (exact) mass is 320 g/mol. The quantitative estimate of drug-likeness (QED) is 0.930. The highest BCUT2D eigenvalue weighted by molar-refractivity contribution is 5.74. The number of ether oxygens (including phenoxy) is 2. The summed E-state index contributed by atoms with van der Waals surface area (Å²) in [4.78, 5) is 14.3. The molecule has 1 aliphatic rings. The van der Waals surface area contributed by atoms with Gasteiger partial charge in [0.15, 0.2) is 0 Å². The molecule has 1 heterocycles. The van der Waals surface area contributed by atoms with E-state index in [0.717, 1.165) is 17.7 Å². The lowest BCUT2D eigenvalue weighted by molar-refractivity contribution is 0.129. The fourth-order valence-electron chi connectivity index (χ4n) is 2.55. The third-order valence-corrected chi connectivity index (χ3v) is 3.77. The number of nitrogens with one attached hydrogen (secondary N) is 1. The van der Waals surface area contributed by atoms with Crippen molar-refractivity contribution in [2.75, 3.05) is 19.8 Å². The van der Waals surface area contributed by atoms with Crippen LogP contribution in [0.5, 0.6) is 5.75 Å². The van der Waals surface area contributed by atoms with Crippen LogP contribution in [0, 0.1) is 0 Å². The summed E-state index contributed by atoms with van der Waals surface area (Å²) < 4.78 is 11.4. The Bertz CT molecular complexity index is 525. The Labute approximate surface area is 139 Å². The van der Waals surface area contributed by atoms with E-state index in [2.05, 4.69) is 12.2 Å². The van der Waals surface area contributed by atoms with E-state index >= 15 is 0 Å². The third kappa shape index (κ3) is 5.43. The Morgan fingerprint density at radius 3 is 2.83 bits per heavy atom. The van der Waals surface area contributed by atoms with Gasteiger partial charge in [-0.05, 0) is 40.2 Å². The molecular weight excluding hydrogens is 292 g/mol. The van der Waals surface area contributed by atoms with Crippen molar-refractivity contribution in [3.8, 4) is 5.75 Å². The summed E-state index contributed by atoms with van der Waals surface area (Å²) in [5.74, 6) is 0.813. The summed E-state index contributed by atoms with van der Waals surface area (Å²) in [6, 6.07) is 7.97. The van der Waals surface area contributed by atoms with Crippen molar-refractivity contribution < 1.29 is 14.3 Å². The number of nitrogens with zero attached hydrogens (tertiary/aromatic N) is 1. The standard InChI is InChI=1S/C18H28N2O3/c1-14-9-11-22-12-10-20(14)17(21)19-13-15-7-5-6-8-16(15)23-18(2,3)4/h5-8,14H,9-13H2,1-4H3,(H,19,21)/t14-/m0/s1. The van der Waals surface area contributed by atoms with Gasteiger partial charge >= 0.3 is 6.03 Å². The Kier molecular flexibility index (Phi) is 5.88. The van der Waals surface area contributed by atoms with Crippen LogP contribution >= 0.6 is 0 Å². The van der Waals surface area contributed by atoms with E-state index < -0.39 is 0 Å². The average molecular weight is 320 g/mol. The molecule has 1 saturated heterocycles. The summed E-state index contributed by atoms with van der Waals surface area (Å²) in [5, 5.41) is 3.00. The number of urea groups is 1. The minimum Gasteiger partial charge on any atom is -0.488 e. The zero-order valence-electron chi connectivity index (χ0n) is 14.6. The Morgan fingerprint density at radius 1 is 1.35 bits per heavy atom. The molecule has 23 heavy (non-hydrogen) atoms. The molecule has 0 radical (unpaired) electrons. The largest absolute Gasteiger partial charge is 0.488 e. The van der Waals surface area contributed by atoms with E-state index in [1.807, 2.05) is 49.9 Å². The molecule has 0 unspecified atom stereocenters. The van der Waals surface area contributed by atoms with Crippen molar-refractivity contribution in [2.24, 2.45) is 0 Å². The van der Waals surface area contributed by atoms with Gasteiger partial charge in [-0.15, -0.1) is 0 Å². The van der Waals surface area contributed by atoms with Crippen molar-refractivity contribution in [1.29, 1.82) is 0 Å². The molecule has 5 heteroatoms. The van der Waals surface area contributed by atoms with Gasteiger partial charge in [0.25, 0.3) is 0 Å².